The number of benzene rings is 1. The lowest BCUT2D eigenvalue weighted by molar-refractivity contribution is -0.117. The molecular weight excluding hydrogens is 338 g/mol. The fraction of sp³-hybridized carbons (Fsp3) is 0.550. The van der Waals surface area contributed by atoms with Crippen molar-refractivity contribution in [3.05, 3.63) is 28.8 Å². The summed E-state index contributed by atoms with van der Waals surface area (Å²) in [5, 5.41) is 3.43. The van der Waals surface area contributed by atoms with Crippen molar-refractivity contribution >= 4 is 23.6 Å². The third-order valence-electron chi connectivity index (χ3n) is 3.60. The Balaban J connectivity index is 2.76. The van der Waals surface area contributed by atoms with Crippen molar-refractivity contribution in [2.45, 2.75) is 59.6 Å². The summed E-state index contributed by atoms with van der Waals surface area (Å²) >= 11 is 6.29. The van der Waals surface area contributed by atoms with Crippen LogP contribution in [0.5, 0.6) is 11.5 Å². The predicted molar refractivity (Wildman–Crippen MR) is 104 cm³/mol. The van der Waals surface area contributed by atoms with Crippen molar-refractivity contribution in [3.63, 3.8) is 0 Å². The first kappa shape index (κ1) is 21.4. The molecule has 1 aromatic rings. The molecule has 0 fully saturated rings. The molecule has 0 saturated carbocycles. The van der Waals surface area contributed by atoms with E-state index in [1.165, 1.54) is 6.08 Å². The van der Waals surface area contributed by atoms with Gasteiger partial charge in [-0.3, -0.25) is 4.79 Å². The van der Waals surface area contributed by atoms with E-state index in [9.17, 15) is 4.79 Å². The van der Waals surface area contributed by atoms with Gasteiger partial charge < -0.3 is 14.8 Å². The van der Waals surface area contributed by atoms with Gasteiger partial charge in [0.1, 0.15) is 0 Å². The molecule has 0 aliphatic heterocycles. The maximum Gasteiger partial charge on any atom is 0.244 e. The van der Waals surface area contributed by atoms with Crippen molar-refractivity contribution in [3.8, 4) is 11.5 Å². The number of rotatable bonds is 9. The quantitative estimate of drug-likeness (QED) is 0.618. The van der Waals surface area contributed by atoms with Crippen molar-refractivity contribution < 1.29 is 14.3 Å². The van der Waals surface area contributed by atoms with Crippen LogP contribution in [0.4, 0.5) is 0 Å². The van der Waals surface area contributed by atoms with Crippen LogP contribution in [0.25, 0.3) is 6.08 Å². The van der Waals surface area contributed by atoms with Crippen LogP contribution in [0.2, 0.25) is 5.02 Å². The Labute approximate surface area is 156 Å². The van der Waals surface area contributed by atoms with Crippen LogP contribution in [-0.2, 0) is 4.79 Å². The van der Waals surface area contributed by atoms with Crippen LogP contribution in [0, 0.1) is 5.92 Å². The van der Waals surface area contributed by atoms with Gasteiger partial charge in [-0.05, 0) is 63.3 Å². The molecule has 0 heterocycles. The lowest BCUT2D eigenvalue weighted by atomic mass is 10.0. The fourth-order valence-corrected chi connectivity index (χ4v) is 2.57. The number of amides is 1. The zero-order valence-electron chi connectivity index (χ0n) is 16.1. The standard InChI is InChI=1S/C20H30ClNO3/c1-13(2)7-8-15(5)22-19(23)10-9-16-11-17(21)20(25-14(3)4)18(12-16)24-6/h9-15H,7-8H2,1-6H3,(H,22,23)/b10-9+. The van der Waals surface area contributed by atoms with Gasteiger partial charge in [0.25, 0.3) is 0 Å². The maximum atomic E-state index is 12.0. The van der Waals surface area contributed by atoms with Gasteiger partial charge >= 0.3 is 0 Å². The van der Waals surface area contributed by atoms with Gasteiger partial charge in [0.15, 0.2) is 11.5 Å². The van der Waals surface area contributed by atoms with E-state index in [1.54, 1.807) is 25.3 Å². The monoisotopic (exact) mass is 367 g/mol. The van der Waals surface area contributed by atoms with E-state index in [0.717, 1.165) is 18.4 Å². The molecule has 5 heteroatoms. The first-order valence-electron chi connectivity index (χ1n) is 8.75. The van der Waals surface area contributed by atoms with Crippen LogP contribution in [0.15, 0.2) is 18.2 Å². The largest absolute Gasteiger partial charge is 0.493 e. The molecule has 1 N–H and O–H groups in total. The lowest BCUT2D eigenvalue weighted by Gasteiger charge is -2.16. The molecule has 1 unspecified atom stereocenters. The predicted octanol–water partition coefficient (Wildman–Crippen LogP) is 5.09. The van der Waals surface area contributed by atoms with Gasteiger partial charge in [-0.1, -0.05) is 25.4 Å². The minimum absolute atomic E-state index is 0.00843. The molecule has 0 aliphatic rings. The highest BCUT2D eigenvalue weighted by molar-refractivity contribution is 6.32. The summed E-state index contributed by atoms with van der Waals surface area (Å²) in [6.45, 7) is 10.2. The van der Waals surface area contributed by atoms with E-state index in [2.05, 4.69) is 19.2 Å². The molecule has 0 radical (unpaired) electrons. The van der Waals surface area contributed by atoms with Crippen LogP contribution in [0.1, 0.15) is 53.0 Å². The number of hydrogen-bond acceptors (Lipinski definition) is 3. The number of halogens is 1. The van der Waals surface area contributed by atoms with E-state index >= 15 is 0 Å². The molecular formula is C20H30ClNO3. The number of nitrogens with one attached hydrogen (secondary N) is 1. The van der Waals surface area contributed by atoms with Crippen molar-refractivity contribution in [2.24, 2.45) is 5.92 Å². The topological polar surface area (TPSA) is 47.6 Å². The summed E-state index contributed by atoms with van der Waals surface area (Å²) in [4.78, 5) is 12.0. The lowest BCUT2D eigenvalue weighted by Crippen LogP contribution is -2.31. The summed E-state index contributed by atoms with van der Waals surface area (Å²) < 4.78 is 11.0. The minimum atomic E-state index is -0.117. The highest BCUT2D eigenvalue weighted by Gasteiger charge is 2.13. The van der Waals surface area contributed by atoms with Gasteiger partial charge in [-0.2, -0.15) is 0 Å². The van der Waals surface area contributed by atoms with E-state index < -0.39 is 0 Å². The smallest absolute Gasteiger partial charge is 0.244 e. The molecule has 0 saturated heterocycles. The third kappa shape index (κ3) is 7.82. The Kier molecular flexibility index (Phi) is 8.84. The van der Waals surface area contributed by atoms with E-state index in [-0.39, 0.29) is 18.1 Å². The minimum Gasteiger partial charge on any atom is -0.493 e. The number of carbonyl (C=O) groups excluding carboxylic acids is 1. The fourth-order valence-electron chi connectivity index (χ4n) is 2.30. The molecule has 1 amide bonds. The van der Waals surface area contributed by atoms with E-state index in [4.69, 9.17) is 21.1 Å². The van der Waals surface area contributed by atoms with E-state index in [0.29, 0.717) is 22.4 Å². The zero-order valence-corrected chi connectivity index (χ0v) is 16.8. The second kappa shape index (κ2) is 10.3. The van der Waals surface area contributed by atoms with Gasteiger partial charge in [0.05, 0.1) is 18.2 Å². The average Bonchev–Trinajstić information content (AvgIpc) is 2.52. The summed E-state index contributed by atoms with van der Waals surface area (Å²) in [5.74, 6) is 1.58. The van der Waals surface area contributed by atoms with Crippen LogP contribution < -0.4 is 14.8 Å². The molecule has 4 nitrogen and oxygen atoms in total. The summed E-state index contributed by atoms with van der Waals surface area (Å²) in [6.07, 6.45) is 5.29. The van der Waals surface area contributed by atoms with Crippen LogP contribution in [-0.4, -0.2) is 25.2 Å². The summed E-state index contributed by atoms with van der Waals surface area (Å²) in [6, 6.07) is 3.71. The maximum absolute atomic E-state index is 12.0. The number of hydrogen-bond donors (Lipinski definition) is 1. The summed E-state index contributed by atoms with van der Waals surface area (Å²) in [7, 11) is 1.56. The van der Waals surface area contributed by atoms with Crippen LogP contribution >= 0.6 is 11.6 Å². The number of carbonyl (C=O) groups is 1. The molecule has 25 heavy (non-hydrogen) atoms. The van der Waals surface area contributed by atoms with Crippen LogP contribution in [0.3, 0.4) is 0 Å². The molecule has 0 aromatic heterocycles. The molecule has 1 rings (SSSR count). The molecule has 0 aliphatic carbocycles. The zero-order chi connectivity index (χ0) is 19.0. The second-order valence-electron chi connectivity index (χ2n) is 6.91. The van der Waals surface area contributed by atoms with Crippen molar-refractivity contribution in [1.29, 1.82) is 0 Å². The Bertz CT molecular complexity index is 597. The van der Waals surface area contributed by atoms with Gasteiger partial charge in [0, 0.05) is 12.1 Å². The third-order valence-corrected chi connectivity index (χ3v) is 3.88. The van der Waals surface area contributed by atoms with E-state index in [1.807, 2.05) is 20.8 Å². The first-order valence-corrected chi connectivity index (χ1v) is 9.13. The molecule has 1 atom stereocenters. The molecule has 0 spiro atoms. The van der Waals surface area contributed by atoms with Gasteiger partial charge in [-0.25, -0.2) is 0 Å². The Morgan fingerprint density at radius 2 is 1.88 bits per heavy atom. The Morgan fingerprint density at radius 3 is 2.44 bits per heavy atom. The number of ether oxygens (including phenoxy) is 2. The highest BCUT2D eigenvalue weighted by atomic mass is 35.5. The van der Waals surface area contributed by atoms with Gasteiger partial charge in [-0.15, -0.1) is 0 Å². The van der Waals surface area contributed by atoms with Crippen molar-refractivity contribution in [2.75, 3.05) is 7.11 Å². The first-order chi connectivity index (χ1) is 11.7. The average molecular weight is 368 g/mol. The molecule has 0 bridgehead atoms. The SMILES string of the molecule is COc1cc(/C=C/C(=O)NC(C)CCC(C)C)cc(Cl)c1OC(C)C. The second-order valence-corrected chi connectivity index (χ2v) is 7.32. The summed E-state index contributed by atoms with van der Waals surface area (Å²) in [5.41, 5.74) is 0.780. The highest BCUT2D eigenvalue weighted by Crippen LogP contribution is 2.37. The molecule has 1 aromatic carbocycles. The van der Waals surface area contributed by atoms with Crippen molar-refractivity contribution in [1.82, 2.24) is 5.32 Å². The van der Waals surface area contributed by atoms with Gasteiger partial charge in [0.2, 0.25) is 5.91 Å². The number of methoxy groups -OCH3 is 1. The Morgan fingerprint density at radius 1 is 1.20 bits per heavy atom. The molecule has 140 valence electrons. The Hall–Kier alpha value is -1.68. The normalized spacial score (nSPS) is 12.7.